The smallest absolute Gasteiger partial charge is 0.248 e. The van der Waals surface area contributed by atoms with Gasteiger partial charge in [0.05, 0.1) is 0 Å². The highest BCUT2D eigenvalue weighted by Gasteiger charge is 2.33. The third-order valence-corrected chi connectivity index (χ3v) is 5.61. The van der Waals surface area contributed by atoms with Gasteiger partial charge in [-0.1, -0.05) is 43.0 Å². The molecule has 1 atom stereocenters. The van der Waals surface area contributed by atoms with E-state index in [0.717, 1.165) is 25.7 Å². The summed E-state index contributed by atoms with van der Waals surface area (Å²) in [5.74, 6) is -1.47. The molecule has 0 aromatic heterocycles. The van der Waals surface area contributed by atoms with E-state index in [9.17, 15) is 14.0 Å². The topological polar surface area (TPSA) is 49.4 Å². The molecule has 2 aromatic rings. The van der Waals surface area contributed by atoms with Gasteiger partial charge in [-0.2, -0.15) is 0 Å². The molecule has 1 aliphatic carbocycles. The molecular weight excluding hydrogens is 414 g/mol. The lowest BCUT2D eigenvalue weighted by Gasteiger charge is -2.33. The molecule has 0 spiro atoms. The van der Waals surface area contributed by atoms with Crippen LogP contribution in [-0.4, -0.2) is 23.7 Å². The van der Waals surface area contributed by atoms with Gasteiger partial charge in [-0.05, 0) is 54.8 Å². The number of halogens is 3. The Bertz CT molecular complexity index is 837. The maximum absolute atomic E-state index is 13.4. The predicted octanol–water partition coefficient (Wildman–Crippen LogP) is 5.24. The molecule has 2 aromatic carbocycles. The van der Waals surface area contributed by atoms with Gasteiger partial charge < -0.3 is 5.32 Å². The van der Waals surface area contributed by atoms with Crippen molar-refractivity contribution < 1.29 is 14.0 Å². The minimum atomic E-state index is -0.939. The van der Waals surface area contributed by atoms with Crippen LogP contribution in [-0.2, 0) is 9.59 Å². The number of nitrogens with one attached hydrogen (secondary N) is 1. The first-order valence-corrected chi connectivity index (χ1v) is 10.6. The quantitative estimate of drug-likeness (QED) is 0.629. The second kappa shape index (κ2) is 10.1. The zero-order valence-electron chi connectivity index (χ0n) is 15.9. The number of amides is 2. The van der Waals surface area contributed by atoms with Crippen LogP contribution in [0, 0.1) is 5.82 Å². The zero-order valence-corrected chi connectivity index (χ0v) is 17.4. The highest BCUT2D eigenvalue weighted by atomic mass is 35.5. The molecule has 1 N–H and O–H groups in total. The van der Waals surface area contributed by atoms with Crippen molar-refractivity contribution >= 4 is 40.7 Å². The van der Waals surface area contributed by atoms with Gasteiger partial charge in [-0.15, -0.1) is 11.6 Å². The summed E-state index contributed by atoms with van der Waals surface area (Å²) in [6.07, 6.45) is 5.13. The first kappa shape index (κ1) is 21.6. The molecule has 0 bridgehead atoms. The number of carbonyl (C=O) groups is 2. The molecule has 2 amide bonds. The van der Waals surface area contributed by atoms with Gasteiger partial charge in [0.15, 0.2) is 0 Å². The van der Waals surface area contributed by atoms with Crippen molar-refractivity contribution in [3.8, 4) is 0 Å². The Labute approximate surface area is 180 Å². The van der Waals surface area contributed by atoms with E-state index in [1.54, 1.807) is 24.3 Å². The van der Waals surface area contributed by atoms with Crippen molar-refractivity contribution in [2.75, 3.05) is 10.8 Å². The molecule has 0 heterocycles. The normalized spacial score (nSPS) is 15.6. The average molecular weight is 437 g/mol. The Morgan fingerprint density at radius 3 is 2.24 bits per heavy atom. The van der Waals surface area contributed by atoms with E-state index < -0.39 is 17.8 Å². The van der Waals surface area contributed by atoms with Gasteiger partial charge in [-0.3, -0.25) is 14.5 Å². The van der Waals surface area contributed by atoms with Crippen LogP contribution in [0.15, 0.2) is 48.5 Å². The van der Waals surface area contributed by atoms with Gasteiger partial charge >= 0.3 is 0 Å². The van der Waals surface area contributed by atoms with Crippen LogP contribution < -0.4 is 10.2 Å². The highest BCUT2D eigenvalue weighted by Crippen LogP contribution is 2.30. The van der Waals surface area contributed by atoms with Crippen LogP contribution in [0.4, 0.5) is 10.1 Å². The van der Waals surface area contributed by atoms with Crippen LogP contribution >= 0.6 is 23.2 Å². The number of nitrogens with zero attached hydrogens (tertiary/aromatic N) is 1. The molecule has 0 saturated heterocycles. The van der Waals surface area contributed by atoms with Crippen molar-refractivity contribution in [2.45, 2.75) is 44.2 Å². The fraction of sp³-hybridized carbons (Fsp3) is 0.364. The molecule has 0 aliphatic heterocycles. The second-order valence-electron chi connectivity index (χ2n) is 7.17. The van der Waals surface area contributed by atoms with Crippen molar-refractivity contribution in [3.05, 3.63) is 64.9 Å². The van der Waals surface area contributed by atoms with E-state index in [1.165, 1.54) is 35.6 Å². The molecule has 3 rings (SSSR count). The highest BCUT2D eigenvalue weighted by molar-refractivity contribution is 6.30. The summed E-state index contributed by atoms with van der Waals surface area (Å²) in [7, 11) is 0. The fourth-order valence-corrected chi connectivity index (χ4v) is 3.95. The maximum atomic E-state index is 13.4. The third-order valence-electron chi connectivity index (χ3n) is 5.13. The monoisotopic (exact) mass is 436 g/mol. The summed E-state index contributed by atoms with van der Waals surface area (Å²) in [5.41, 5.74) is 1.00. The van der Waals surface area contributed by atoms with Crippen molar-refractivity contribution in [1.29, 1.82) is 0 Å². The molecule has 0 unspecified atom stereocenters. The predicted molar refractivity (Wildman–Crippen MR) is 114 cm³/mol. The number of benzene rings is 2. The zero-order chi connectivity index (χ0) is 20.8. The van der Waals surface area contributed by atoms with Gasteiger partial charge in [-0.25, -0.2) is 4.39 Å². The van der Waals surface area contributed by atoms with Crippen molar-refractivity contribution in [3.63, 3.8) is 0 Å². The second-order valence-corrected chi connectivity index (χ2v) is 7.88. The van der Waals surface area contributed by atoms with E-state index in [4.69, 9.17) is 23.2 Å². The number of alkyl halides is 1. The number of carbonyl (C=O) groups excluding carboxylic acids is 2. The Hall–Kier alpha value is -2.11. The molecule has 4 nitrogen and oxygen atoms in total. The Morgan fingerprint density at radius 2 is 1.66 bits per heavy atom. The molecule has 1 fully saturated rings. The van der Waals surface area contributed by atoms with Gasteiger partial charge in [0.2, 0.25) is 11.8 Å². The number of hydrogen-bond donors (Lipinski definition) is 1. The summed E-state index contributed by atoms with van der Waals surface area (Å²) >= 11 is 11.9. The van der Waals surface area contributed by atoms with Crippen molar-refractivity contribution in [1.82, 2.24) is 5.32 Å². The third kappa shape index (κ3) is 5.49. The molecule has 1 saturated carbocycles. The van der Waals surface area contributed by atoms with E-state index in [0.29, 0.717) is 16.3 Å². The lowest BCUT2D eigenvalue weighted by molar-refractivity contribution is -0.126. The molecule has 1 aliphatic rings. The minimum absolute atomic E-state index is 0.0761. The van der Waals surface area contributed by atoms with Gasteiger partial charge in [0.25, 0.3) is 0 Å². The van der Waals surface area contributed by atoms with Crippen LogP contribution in [0.3, 0.4) is 0 Å². The Balaban J connectivity index is 2.00. The fourth-order valence-electron chi connectivity index (χ4n) is 3.69. The van der Waals surface area contributed by atoms with E-state index >= 15 is 0 Å². The van der Waals surface area contributed by atoms with E-state index in [2.05, 4.69) is 5.32 Å². The Kier molecular flexibility index (Phi) is 7.51. The van der Waals surface area contributed by atoms with E-state index in [1.807, 2.05) is 0 Å². The minimum Gasteiger partial charge on any atom is -0.351 e. The molecule has 0 radical (unpaired) electrons. The summed E-state index contributed by atoms with van der Waals surface area (Å²) in [4.78, 5) is 27.4. The van der Waals surface area contributed by atoms with Gasteiger partial charge in [0, 0.05) is 16.8 Å². The first-order valence-electron chi connectivity index (χ1n) is 9.69. The molecule has 29 heavy (non-hydrogen) atoms. The number of hydrogen-bond acceptors (Lipinski definition) is 2. The molecular formula is C22H23Cl2FN2O2. The lowest BCUT2D eigenvalue weighted by atomic mass is 9.94. The van der Waals surface area contributed by atoms with Crippen LogP contribution in [0.25, 0.3) is 0 Å². The maximum Gasteiger partial charge on any atom is 0.248 e. The van der Waals surface area contributed by atoms with Crippen LogP contribution in [0.5, 0.6) is 0 Å². The lowest BCUT2D eigenvalue weighted by Crippen LogP contribution is -2.47. The summed E-state index contributed by atoms with van der Waals surface area (Å²) in [6, 6.07) is 11.4. The van der Waals surface area contributed by atoms with Gasteiger partial charge in [0.1, 0.15) is 17.7 Å². The summed E-state index contributed by atoms with van der Waals surface area (Å²) in [6.45, 7) is 0. The van der Waals surface area contributed by atoms with Crippen LogP contribution in [0.2, 0.25) is 5.02 Å². The first-order chi connectivity index (χ1) is 14.0. The van der Waals surface area contributed by atoms with E-state index in [-0.39, 0.29) is 17.8 Å². The number of rotatable bonds is 6. The molecule has 7 heteroatoms. The van der Waals surface area contributed by atoms with Crippen LogP contribution in [0.1, 0.15) is 43.7 Å². The number of anilines is 1. The summed E-state index contributed by atoms with van der Waals surface area (Å²) in [5, 5.41) is 3.61. The average Bonchev–Trinajstić information content (AvgIpc) is 2.74. The van der Waals surface area contributed by atoms with Crippen molar-refractivity contribution in [2.24, 2.45) is 0 Å². The standard InChI is InChI=1S/C22H23Cl2FN2O2/c23-14-20(28)27(19-12-10-17(25)11-13-19)21(15-6-8-16(24)9-7-15)22(29)26-18-4-2-1-3-5-18/h6-13,18,21H,1-5,14H2,(H,26,29)/t21-/m1/s1. The summed E-state index contributed by atoms with van der Waals surface area (Å²) < 4.78 is 13.4. The SMILES string of the molecule is O=C(NC1CCCCC1)[C@@H](c1ccc(Cl)cc1)N(C(=O)CCl)c1ccc(F)cc1. The molecule has 154 valence electrons. The Morgan fingerprint density at radius 1 is 1.03 bits per heavy atom. The largest absolute Gasteiger partial charge is 0.351 e.